The third kappa shape index (κ3) is 2.71. The molecule has 0 radical (unpaired) electrons. The van der Waals surface area contributed by atoms with Crippen LogP contribution in [-0.2, 0) is 0 Å². The monoisotopic (exact) mass is 310 g/mol. The van der Waals surface area contributed by atoms with Gasteiger partial charge in [0.25, 0.3) is 0 Å². The van der Waals surface area contributed by atoms with Crippen molar-refractivity contribution in [3.05, 3.63) is 42.5 Å². The van der Waals surface area contributed by atoms with Crippen molar-refractivity contribution in [1.82, 2.24) is 14.9 Å². The first-order chi connectivity index (χ1) is 11.3. The summed E-state index contributed by atoms with van der Waals surface area (Å²) in [6, 6.07) is 8.16. The summed E-state index contributed by atoms with van der Waals surface area (Å²) in [7, 11) is 0. The maximum absolute atomic E-state index is 11.9. The van der Waals surface area contributed by atoms with Gasteiger partial charge in [0.05, 0.1) is 0 Å². The molecule has 1 saturated heterocycles. The fourth-order valence-corrected chi connectivity index (χ4v) is 3.72. The molecule has 2 aromatic rings. The number of imidazole rings is 1. The van der Waals surface area contributed by atoms with Crippen LogP contribution in [0.2, 0.25) is 0 Å². The number of amides is 2. The second kappa shape index (κ2) is 6.07. The largest absolute Gasteiger partial charge is 0.336 e. The summed E-state index contributed by atoms with van der Waals surface area (Å²) < 4.78 is 2.19. The molecule has 0 spiro atoms. The average Bonchev–Trinajstić information content (AvgIpc) is 3.25. The normalized spacial score (nSPS) is 19.1. The van der Waals surface area contributed by atoms with Crippen LogP contribution in [0.3, 0.4) is 0 Å². The van der Waals surface area contributed by atoms with E-state index in [2.05, 4.69) is 27.0 Å². The van der Waals surface area contributed by atoms with Crippen molar-refractivity contribution in [1.29, 1.82) is 0 Å². The number of nitrogens with zero attached hydrogens (tertiary/aromatic N) is 3. The Kier molecular flexibility index (Phi) is 3.77. The van der Waals surface area contributed by atoms with Crippen LogP contribution in [0.25, 0.3) is 5.69 Å². The van der Waals surface area contributed by atoms with E-state index in [1.165, 1.54) is 32.1 Å². The van der Waals surface area contributed by atoms with Gasteiger partial charge >= 0.3 is 6.03 Å². The molecule has 2 aliphatic rings. The van der Waals surface area contributed by atoms with Gasteiger partial charge in [0.2, 0.25) is 0 Å². The summed E-state index contributed by atoms with van der Waals surface area (Å²) in [5.74, 6) is 1.71. The Balaban J connectivity index is 1.66. The van der Waals surface area contributed by atoms with E-state index in [9.17, 15) is 4.79 Å². The van der Waals surface area contributed by atoms with Gasteiger partial charge in [0, 0.05) is 42.8 Å². The van der Waals surface area contributed by atoms with Gasteiger partial charge in [-0.15, -0.1) is 0 Å². The highest BCUT2D eigenvalue weighted by atomic mass is 16.2. The molecule has 2 heterocycles. The van der Waals surface area contributed by atoms with Crippen LogP contribution in [0.5, 0.6) is 0 Å². The minimum Gasteiger partial charge on any atom is -0.336 e. The summed E-state index contributed by atoms with van der Waals surface area (Å²) in [5, 5.41) is 2.85. The maximum Gasteiger partial charge on any atom is 0.321 e. The second-order valence-corrected chi connectivity index (χ2v) is 6.39. The lowest BCUT2D eigenvalue weighted by molar-refractivity contribution is 0.252. The van der Waals surface area contributed by atoms with Gasteiger partial charge in [0.1, 0.15) is 5.82 Å². The van der Waals surface area contributed by atoms with Crippen molar-refractivity contribution in [3.8, 4) is 5.69 Å². The zero-order valence-corrected chi connectivity index (χ0v) is 13.2. The van der Waals surface area contributed by atoms with Crippen molar-refractivity contribution in [3.63, 3.8) is 0 Å². The zero-order valence-electron chi connectivity index (χ0n) is 13.2. The minimum absolute atomic E-state index is 0.0136. The average molecular weight is 310 g/mol. The predicted octanol–water partition coefficient (Wildman–Crippen LogP) is 3.45. The van der Waals surface area contributed by atoms with Gasteiger partial charge < -0.3 is 9.88 Å². The molecule has 5 nitrogen and oxygen atoms in total. The minimum atomic E-state index is -0.0136. The SMILES string of the molecule is O=C1NCCN1c1cccc(-n2ccnc2C2CCCCC2)c1. The van der Waals surface area contributed by atoms with Gasteiger partial charge in [-0.05, 0) is 31.0 Å². The van der Waals surface area contributed by atoms with Crippen molar-refractivity contribution in [2.24, 2.45) is 0 Å². The Bertz CT molecular complexity index is 703. The first kappa shape index (κ1) is 14.3. The van der Waals surface area contributed by atoms with E-state index in [0.29, 0.717) is 12.5 Å². The third-order valence-electron chi connectivity index (χ3n) is 4.92. The van der Waals surface area contributed by atoms with E-state index < -0.39 is 0 Å². The molecule has 1 saturated carbocycles. The quantitative estimate of drug-likeness (QED) is 0.944. The summed E-state index contributed by atoms with van der Waals surface area (Å²) in [6.07, 6.45) is 10.3. The fraction of sp³-hybridized carbons (Fsp3) is 0.444. The zero-order chi connectivity index (χ0) is 15.6. The van der Waals surface area contributed by atoms with E-state index >= 15 is 0 Å². The Hall–Kier alpha value is -2.30. The number of hydrogen-bond acceptors (Lipinski definition) is 2. The molecule has 1 aliphatic heterocycles. The van der Waals surface area contributed by atoms with Gasteiger partial charge in [0.15, 0.2) is 0 Å². The number of carbonyl (C=O) groups is 1. The van der Waals surface area contributed by atoms with E-state index in [0.717, 1.165) is 23.7 Å². The molecule has 0 atom stereocenters. The van der Waals surface area contributed by atoms with Gasteiger partial charge in [-0.25, -0.2) is 9.78 Å². The molecule has 4 rings (SSSR count). The smallest absolute Gasteiger partial charge is 0.321 e. The fourth-order valence-electron chi connectivity index (χ4n) is 3.72. The van der Waals surface area contributed by atoms with Gasteiger partial charge in [-0.3, -0.25) is 4.90 Å². The van der Waals surface area contributed by atoms with Crippen molar-refractivity contribution >= 4 is 11.7 Å². The summed E-state index contributed by atoms with van der Waals surface area (Å²) in [4.78, 5) is 18.3. The number of anilines is 1. The number of benzene rings is 1. The highest BCUT2D eigenvalue weighted by Crippen LogP contribution is 2.33. The van der Waals surface area contributed by atoms with E-state index in [-0.39, 0.29) is 6.03 Å². The number of carbonyl (C=O) groups excluding carboxylic acids is 1. The van der Waals surface area contributed by atoms with Gasteiger partial charge in [-0.2, -0.15) is 0 Å². The Morgan fingerprint density at radius 2 is 1.96 bits per heavy atom. The standard InChI is InChI=1S/C18H22N4O/c23-18-20-10-12-22(18)16-8-4-7-15(13-16)21-11-9-19-17(21)14-5-2-1-3-6-14/h4,7-9,11,13-14H,1-3,5-6,10,12H2,(H,20,23). The lowest BCUT2D eigenvalue weighted by Crippen LogP contribution is -2.27. The van der Waals surface area contributed by atoms with E-state index in [1.807, 2.05) is 24.5 Å². The first-order valence-corrected chi connectivity index (χ1v) is 8.52. The number of rotatable bonds is 3. The van der Waals surface area contributed by atoms with Crippen LogP contribution >= 0.6 is 0 Å². The summed E-state index contributed by atoms with van der Waals surface area (Å²) in [5.41, 5.74) is 2.03. The number of urea groups is 1. The molecule has 1 aromatic carbocycles. The van der Waals surface area contributed by atoms with Crippen LogP contribution in [0.15, 0.2) is 36.7 Å². The lowest BCUT2D eigenvalue weighted by Gasteiger charge is -2.22. The van der Waals surface area contributed by atoms with Crippen molar-refractivity contribution in [2.45, 2.75) is 38.0 Å². The summed E-state index contributed by atoms with van der Waals surface area (Å²) in [6.45, 7) is 1.43. The van der Waals surface area contributed by atoms with Crippen molar-refractivity contribution < 1.29 is 4.79 Å². The molecule has 2 fully saturated rings. The predicted molar refractivity (Wildman–Crippen MR) is 90.1 cm³/mol. The van der Waals surface area contributed by atoms with E-state index in [1.54, 1.807) is 4.90 Å². The Labute approximate surface area is 136 Å². The molecule has 0 unspecified atom stereocenters. The molecule has 1 N–H and O–H groups in total. The van der Waals surface area contributed by atoms with Crippen LogP contribution in [0.1, 0.15) is 43.8 Å². The van der Waals surface area contributed by atoms with E-state index in [4.69, 9.17) is 0 Å². The topological polar surface area (TPSA) is 50.2 Å². The highest BCUT2D eigenvalue weighted by molar-refractivity contribution is 5.94. The molecular formula is C18H22N4O. The maximum atomic E-state index is 11.9. The molecule has 23 heavy (non-hydrogen) atoms. The highest BCUT2D eigenvalue weighted by Gasteiger charge is 2.23. The molecule has 1 aliphatic carbocycles. The lowest BCUT2D eigenvalue weighted by atomic mass is 9.88. The van der Waals surface area contributed by atoms with Gasteiger partial charge in [-0.1, -0.05) is 25.3 Å². The van der Waals surface area contributed by atoms with Crippen LogP contribution in [0, 0.1) is 0 Å². The van der Waals surface area contributed by atoms with Crippen LogP contribution in [0.4, 0.5) is 10.5 Å². The molecular weight excluding hydrogens is 288 g/mol. The van der Waals surface area contributed by atoms with Crippen LogP contribution in [-0.4, -0.2) is 28.7 Å². The Morgan fingerprint density at radius 1 is 1.13 bits per heavy atom. The molecule has 120 valence electrons. The number of aromatic nitrogens is 2. The number of nitrogens with one attached hydrogen (secondary N) is 1. The Morgan fingerprint density at radius 3 is 2.74 bits per heavy atom. The first-order valence-electron chi connectivity index (χ1n) is 8.52. The molecule has 1 aromatic heterocycles. The third-order valence-corrected chi connectivity index (χ3v) is 4.92. The summed E-state index contributed by atoms with van der Waals surface area (Å²) >= 11 is 0. The molecule has 2 amide bonds. The molecule has 0 bridgehead atoms. The number of hydrogen-bond donors (Lipinski definition) is 1. The second-order valence-electron chi connectivity index (χ2n) is 6.39. The van der Waals surface area contributed by atoms with Crippen molar-refractivity contribution in [2.75, 3.05) is 18.0 Å². The van der Waals surface area contributed by atoms with Crippen LogP contribution < -0.4 is 10.2 Å². The molecule has 5 heteroatoms.